The molecule has 7 heteroatoms. The fourth-order valence-electron chi connectivity index (χ4n) is 3.69. The molecule has 0 aliphatic carbocycles. The SMILES string of the molecule is CC1CCN(S(=O)(=O)c2ccc(C(=O)N3CCC(C)(CN)C3)cc2)CC1. The third-order valence-corrected chi connectivity index (χ3v) is 7.73. The van der Waals surface area contributed by atoms with Gasteiger partial charge in [-0.3, -0.25) is 4.79 Å². The number of hydrogen-bond donors (Lipinski definition) is 1. The molecular weight excluding hydrogens is 350 g/mol. The van der Waals surface area contributed by atoms with Gasteiger partial charge in [-0.15, -0.1) is 0 Å². The van der Waals surface area contributed by atoms with Crippen LogP contribution in [-0.2, 0) is 10.0 Å². The molecule has 2 saturated heterocycles. The molecule has 3 rings (SSSR count). The number of hydrogen-bond acceptors (Lipinski definition) is 4. The lowest BCUT2D eigenvalue weighted by molar-refractivity contribution is 0.0777. The number of rotatable bonds is 4. The normalized spacial score (nSPS) is 25.6. The van der Waals surface area contributed by atoms with E-state index in [0.717, 1.165) is 19.3 Å². The Morgan fingerprint density at radius 2 is 1.81 bits per heavy atom. The average Bonchev–Trinajstić information content (AvgIpc) is 3.04. The van der Waals surface area contributed by atoms with Crippen LogP contribution in [0.3, 0.4) is 0 Å². The predicted molar refractivity (Wildman–Crippen MR) is 101 cm³/mol. The molecule has 2 aliphatic heterocycles. The van der Waals surface area contributed by atoms with Crippen LogP contribution in [0.2, 0.25) is 0 Å². The molecule has 0 saturated carbocycles. The van der Waals surface area contributed by atoms with Crippen molar-refractivity contribution in [2.24, 2.45) is 17.1 Å². The second-order valence-corrected chi connectivity index (χ2v) is 10.0. The topological polar surface area (TPSA) is 83.7 Å². The van der Waals surface area contributed by atoms with Crippen molar-refractivity contribution in [3.63, 3.8) is 0 Å². The highest BCUT2D eigenvalue weighted by atomic mass is 32.2. The van der Waals surface area contributed by atoms with Crippen LogP contribution < -0.4 is 5.73 Å². The van der Waals surface area contributed by atoms with E-state index in [0.29, 0.717) is 44.2 Å². The summed E-state index contributed by atoms with van der Waals surface area (Å²) in [6, 6.07) is 6.36. The third-order valence-electron chi connectivity index (χ3n) is 5.82. The minimum atomic E-state index is -3.48. The first-order chi connectivity index (χ1) is 12.2. The summed E-state index contributed by atoms with van der Waals surface area (Å²) in [4.78, 5) is 14.7. The summed E-state index contributed by atoms with van der Waals surface area (Å²) in [7, 11) is -3.48. The van der Waals surface area contributed by atoms with Crippen LogP contribution in [0.1, 0.15) is 43.5 Å². The highest BCUT2D eigenvalue weighted by Gasteiger charge is 2.35. The number of nitrogens with two attached hydrogens (primary N) is 1. The Morgan fingerprint density at radius 1 is 1.19 bits per heavy atom. The summed E-state index contributed by atoms with van der Waals surface area (Å²) in [5.41, 5.74) is 6.31. The summed E-state index contributed by atoms with van der Waals surface area (Å²) in [6.45, 7) is 7.27. The van der Waals surface area contributed by atoms with Gasteiger partial charge in [0.1, 0.15) is 0 Å². The first-order valence-corrected chi connectivity index (χ1v) is 10.8. The van der Waals surface area contributed by atoms with E-state index in [4.69, 9.17) is 5.73 Å². The molecule has 1 aromatic carbocycles. The molecule has 2 heterocycles. The average molecular weight is 380 g/mol. The third kappa shape index (κ3) is 3.80. The van der Waals surface area contributed by atoms with E-state index in [1.54, 1.807) is 28.6 Å². The van der Waals surface area contributed by atoms with Crippen molar-refractivity contribution in [2.75, 3.05) is 32.7 Å². The fourth-order valence-corrected chi connectivity index (χ4v) is 5.16. The Bertz CT molecular complexity index is 755. The number of sulfonamides is 1. The molecule has 2 fully saturated rings. The lowest BCUT2D eigenvalue weighted by Crippen LogP contribution is -2.38. The van der Waals surface area contributed by atoms with Gasteiger partial charge in [-0.05, 0) is 61.4 Å². The lowest BCUT2D eigenvalue weighted by atomic mass is 9.90. The molecule has 0 bridgehead atoms. The second kappa shape index (κ2) is 7.29. The van der Waals surface area contributed by atoms with Crippen LogP contribution in [-0.4, -0.2) is 56.3 Å². The van der Waals surface area contributed by atoms with E-state index in [9.17, 15) is 13.2 Å². The first-order valence-electron chi connectivity index (χ1n) is 9.35. The quantitative estimate of drug-likeness (QED) is 0.866. The molecule has 0 aromatic heterocycles. The number of piperidine rings is 1. The van der Waals surface area contributed by atoms with Gasteiger partial charge in [0.15, 0.2) is 0 Å². The van der Waals surface area contributed by atoms with Gasteiger partial charge in [0, 0.05) is 31.7 Å². The molecule has 144 valence electrons. The molecule has 1 amide bonds. The van der Waals surface area contributed by atoms with Crippen molar-refractivity contribution >= 4 is 15.9 Å². The maximum Gasteiger partial charge on any atom is 0.253 e. The Hall–Kier alpha value is -1.44. The van der Waals surface area contributed by atoms with E-state index in [2.05, 4.69) is 13.8 Å². The minimum Gasteiger partial charge on any atom is -0.338 e. The highest BCUT2D eigenvalue weighted by Crippen LogP contribution is 2.30. The van der Waals surface area contributed by atoms with Gasteiger partial charge in [-0.25, -0.2) is 8.42 Å². The van der Waals surface area contributed by atoms with Gasteiger partial charge >= 0.3 is 0 Å². The Morgan fingerprint density at radius 3 is 2.35 bits per heavy atom. The molecule has 2 aliphatic rings. The van der Waals surface area contributed by atoms with Crippen LogP contribution in [0.15, 0.2) is 29.2 Å². The number of nitrogens with zero attached hydrogens (tertiary/aromatic N) is 2. The molecule has 0 radical (unpaired) electrons. The predicted octanol–water partition coefficient (Wildman–Crippen LogP) is 1.92. The summed E-state index contributed by atoms with van der Waals surface area (Å²) in [5, 5.41) is 0. The van der Waals surface area contributed by atoms with Crippen LogP contribution in [0.5, 0.6) is 0 Å². The van der Waals surface area contributed by atoms with Crippen molar-refractivity contribution < 1.29 is 13.2 Å². The standard InChI is InChI=1S/C19H29N3O3S/c1-15-7-10-22(11-8-15)26(24,25)17-5-3-16(4-6-17)18(23)21-12-9-19(2,13-20)14-21/h3-6,15H,7-14,20H2,1-2H3. The van der Waals surface area contributed by atoms with E-state index in [1.807, 2.05) is 4.90 Å². The monoisotopic (exact) mass is 379 g/mol. The molecule has 1 unspecified atom stereocenters. The largest absolute Gasteiger partial charge is 0.338 e. The Labute approximate surface area is 156 Å². The molecular formula is C19H29N3O3S. The minimum absolute atomic E-state index is 0.0235. The van der Waals surface area contributed by atoms with Gasteiger partial charge in [0.05, 0.1) is 4.90 Å². The van der Waals surface area contributed by atoms with Gasteiger partial charge in [-0.2, -0.15) is 4.31 Å². The molecule has 2 N–H and O–H groups in total. The number of carbonyl (C=O) groups is 1. The summed E-state index contributed by atoms with van der Waals surface area (Å²) in [5.74, 6) is 0.513. The summed E-state index contributed by atoms with van der Waals surface area (Å²) < 4.78 is 27.1. The molecule has 26 heavy (non-hydrogen) atoms. The van der Waals surface area contributed by atoms with Crippen molar-refractivity contribution in [2.45, 2.75) is 38.0 Å². The fraction of sp³-hybridized carbons (Fsp3) is 0.632. The highest BCUT2D eigenvalue weighted by molar-refractivity contribution is 7.89. The number of likely N-dealkylation sites (tertiary alicyclic amines) is 1. The van der Waals surface area contributed by atoms with Gasteiger partial charge in [-0.1, -0.05) is 13.8 Å². The Kier molecular flexibility index (Phi) is 5.42. The van der Waals surface area contributed by atoms with Crippen LogP contribution in [0.25, 0.3) is 0 Å². The second-order valence-electron chi connectivity index (χ2n) is 8.10. The first kappa shape index (κ1) is 19.3. The van der Waals surface area contributed by atoms with Crippen molar-refractivity contribution in [1.29, 1.82) is 0 Å². The van der Waals surface area contributed by atoms with Crippen molar-refractivity contribution in [1.82, 2.24) is 9.21 Å². The Balaban J connectivity index is 1.71. The zero-order chi connectivity index (χ0) is 18.9. The molecule has 1 atom stereocenters. The zero-order valence-corrected chi connectivity index (χ0v) is 16.5. The van der Waals surface area contributed by atoms with Gasteiger partial charge in [0.25, 0.3) is 5.91 Å². The van der Waals surface area contributed by atoms with Crippen LogP contribution in [0, 0.1) is 11.3 Å². The van der Waals surface area contributed by atoms with Crippen LogP contribution in [0.4, 0.5) is 0 Å². The van der Waals surface area contributed by atoms with E-state index < -0.39 is 10.0 Å². The van der Waals surface area contributed by atoms with E-state index in [1.165, 1.54) is 0 Å². The maximum atomic E-state index is 12.8. The number of benzene rings is 1. The van der Waals surface area contributed by atoms with Crippen LogP contribution >= 0.6 is 0 Å². The number of carbonyl (C=O) groups excluding carboxylic acids is 1. The van der Waals surface area contributed by atoms with Gasteiger partial charge < -0.3 is 10.6 Å². The molecule has 1 aromatic rings. The van der Waals surface area contributed by atoms with Gasteiger partial charge in [0.2, 0.25) is 10.0 Å². The zero-order valence-electron chi connectivity index (χ0n) is 15.6. The molecule has 6 nitrogen and oxygen atoms in total. The molecule has 0 spiro atoms. The van der Waals surface area contributed by atoms with Crippen molar-refractivity contribution in [3.05, 3.63) is 29.8 Å². The maximum absolute atomic E-state index is 12.8. The van der Waals surface area contributed by atoms with E-state index in [-0.39, 0.29) is 16.2 Å². The lowest BCUT2D eigenvalue weighted by Gasteiger charge is -2.29. The van der Waals surface area contributed by atoms with E-state index >= 15 is 0 Å². The van der Waals surface area contributed by atoms with Crippen molar-refractivity contribution in [3.8, 4) is 0 Å². The summed E-state index contributed by atoms with van der Waals surface area (Å²) >= 11 is 0. The number of amides is 1. The smallest absolute Gasteiger partial charge is 0.253 e. The summed E-state index contributed by atoms with van der Waals surface area (Å²) in [6.07, 6.45) is 2.68.